The molecule has 8 heteroatoms. The van der Waals surface area contributed by atoms with Crippen molar-refractivity contribution >= 4 is 12.0 Å². The van der Waals surface area contributed by atoms with Gasteiger partial charge in [0.1, 0.15) is 23.2 Å². The Kier molecular flexibility index (Phi) is 7.87. The first-order valence-corrected chi connectivity index (χ1v) is 10.8. The maximum absolute atomic E-state index is 14.6. The van der Waals surface area contributed by atoms with Gasteiger partial charge in [-0.05, 0) is 67.5 Å². The summed E-state index contributed by atoms with van der Waals surface area (Å²) >= 11 is 0. The maximum Gasteiger partial charge on any atom is 0.409 e. The minimum absolute atomic E-state index is 0.0254. The van der Waals surface area contributed by atoms with Crippen LogP contribution in [0.5, 0.6) is 5.75 Å². The second-order valence-corrected chi connectivity index (χ2v) is 8.30. The third kappa shape index (κ3) is 6.62. The number of ether oxygens (including phenoxy) is 1. The summed E-state index contributed by atoms with van der Waals surface area (Å²) < 4.78 is 85.2. The fourth-order valence-corrected chi connectivity index (χ4v) is 4.16. The molecule has 1 aliphatic rings. The topological polar surface area (TPSA) is 26.3 Å². The normalized spacial score (nSPS) is 19.1. The third-order valence-corrected chi connectivity index (χ3v) is 5.87. The van der Waals surface area contributed by atoms with E-state index >= 15 is 0 Å². The second kappa shape index (κ2) is 10.4. The Balaban J connectivity index is 1.72. The van der Waals surface area contributed by atoms with Crippen LogP contribution in [0.4, 0.5) is 26.3 Å². The number of benzene rings is 2. The molecular formula is C25H24F6O2. The van der Waals surface area contributed by atoms with E-state index < -0.39 is 35.2 Å². The predicted octanol–water partition coefficient (Wildman–Crippen LogP) is 7.86. The van der Waals surface area contributed by atoms with Crippen molar-refractivity contribution in [2.24, 2.45) is 11.8 Å². The van der Waals surface area contributed by atoms with E-state index in [2.05, 4.69) is 6.92 Å². The number of allylic oxidation sites excluding steroid dienone is 1. The lowest BCUT2D eigenvalue weighted by Crippen LogP contribution is -2.25. The molecule has 0 heterocycles. The predicted molar refractivity (Wildman–Crippen MR) is 113 cm³/mol. The lowest BCUT2D eigenvalue weighted by molar-refractivity contribution is -0.140. The van der Waals surface area contributed by atoms with Crippen LogP contribution in [-0.4, -0.2) is 12.1 Å². The lowest BCUT2D eigenvalue weighted by atomic mass is 9.80. The number of rotatable bonds is 6. The van der Waals surface area contributed by atoms with Gasteiger partial charge in [0, 0.05) is 23.3 Å². The zero-order chi connectivity index (χ0) is 24.2. The number of alkyl halides is 3. The van der Waals surface area contributed by atoms with Crippen molar-refractivity contribution < 1.29 is 35.9 Å². The molecule has 0 saturated heterocycles. The number of carbonyl (C=O) groups is 1. The minimum atomic E-state index is -4.73. The van der Waals surface area contributed by atoms with Crippen molar-refractivity contribution in [1.82, 2.24) is 0 Å². The third-order valence-electron chi connectivity index (χ3n) is 5.87. The largest absolute Gasteiger partial charge is 0.426 e. The van der Waals surface area contributed by atoms with Crippen LogP contribution in [0.15, 0.2) is 36.4 Å². The summed E-state index contributed by atoms with van der Waals surface area (Å²) in [6.45, 7) is 2.13. The van der Waals surface area contributed by atoms with E-state index in [9.17, 15) is 31.1 Å². The van der Waals surface area contributed by atoms with E-state index in [1.165, 1.54) is 12.1 Å². The van der Waals surface area contributed by atoms with Crippen LogP contribution >= 0.6 is 0 Å². The van der Waals surface area contributed by atoms with Crippen LogP contribution in [0.25, 0.3) is 17.2 Å². The summed E-state index contributed by atoms with van der Waals surface area (Å²) in [5.74, 6) is -3.51. The first-order valence-electron chi connectivity index (χ1n) is 10.8. The van der Waals surface area contributed by atoms with Gasteiger partial charge in [0.2, 0.25) is 0 Å². The average Bonchev–Trinajstić information content (AvgIpc) is 2.73. The highest BCUT2D eigenvalue weighted by Gasteiger charge is 2.28. The summed E-state index contributed by atoms with van der Waals surface area (Å²) in [7, 11) is 0. The molecule has 0 atom stereocenters. The minimum Gasteiger partial charge on any atom is -0.426 e. The second-order valence-electron chi connectivity index (χ2n) is 8.30. The van der Waals surface area contributed by atoms with Gasteiger partial charge < -0.3 is 4.74 Å². The Hall–Kier alpha value is -2.77. The van der Waals surface area contributed by atoms with Crippen LogP contribution < -0.4 is 4.74 Å². The van der Waals surface area contributed by atoms with Gasteiger partial charge in [-0.3, -0.25) is 4.79 Å². The van der Waals surface area contributed by atoms with Crippen molar-refractivity contribution in [3.05, 3.63) is 59.4 Å². The number of hydrogen-bond donors (Lipinski definition) is 0. The Morgan fingerprint density at radius 2 is 1.64 bits per heavy atom. The lowest BCUT2D eigenvalue weighted by Gasteiger charge is -2.26. The first kappa shape index (κ1) is 24.9. The molecule has 0 aromatic heterocycles. The van der Waals surface area contributed by atoms with Gasteiger partial charge in [0.05, 0.1) is 5.92 Å². The molecule has 1 fully saturated rings. The fraction of sp³-hybridized carbons (Fsp3) is 0.400. The van der Waals surface area contributed by atoms with Gasteiger partial charge >= 0.3 is 12.1 Å². The number of hydrogen-bond acceptors (Lipinski definition) is 2. The summed E-state index contributed by atoms with van der Waals surface area (Å²) in [5, 5.41) is 0. The van der Waals surface area contributed by atoms with E-state index in [0.29, 0.717) is 5.92 Å². The van der Waals surface area contributed by atoms with E-state index in [1.54, 1.807) is 0 Å². The molecule has 178 valence electrons. The van der Waals surface area contributed by atoms with Crippen LogP contribution in [-0.2, 0) is 4.79 Å². The molecule has 1 aliphatic carbocycles. The van der Waals surface area contributed by atoms with E-state index in [1.807, 2.05) is 0 Å². The molecule has 0 bridgehead atoms. The van der Waals surface area contributed by atoms with Gasteiger partial charge in [-0.2, -0.15) is 13.2 Å². The zero-order valence-electron chi connectivity index (χ0n) is 18.0. The Bertz CT molecular complexity index is 997. The number of esters is 1. The van der Waals surface area contributed by atoms with Crippen LogP contribution in [0.3, 0.4) is 0 Å². The molecule has 0 amide bonds. The van der Waals surface area contributed by atoms with Crippen molar-refractivity contribution in [2.75, 3.05) is 0 Å². The van der Waals surface area contributed by atoms with Gasteiger partial charge in [0.25, 0.3) is 0 Å². The SMILES string of the molecule is CCCC1CCC(C(=O)Oc2ccc(-c3cc(F)c(/C=C/C(F)(F)F)c(F)c3)c(F)c2)CC1. The molecule has 2 aromatic rings. The van der Waals surface area contributed by atoms with Crippen LogP contribution in [0, 0.1) is 29.3 Å². The molecular weight excluding hydrogens is 446 g/mol. The number of carbonyl (C=O) groups excluding carboxylic acids is 1. The van der Waals surface area contributed by atoms with Gasteiger partial charge in [-0.25, -0.2) is 13.2 Å². The van der Waals surface area contributed by atoms with Gasteiger partial charge in [-0.1, -0.05) is 19.8 Å². The monoisotopic (exact) mass is 470 g/mol. The van der Waals surface area contributed by atoms with Crippen LogP contribution in [0.1, 0.15) is 51.0 Å². The molecule has 0 N–H and O–H groups in total. The molecule has 0 radical (unpaired) electrons. The summed E-state index contributed by atoms with van der Waals surface area (Å²) in [4.78, 5) is 12.4. The highest BCUT2D eigenvalue weighted by Crippen LogP contribution is 2.34. The Labute approximate surface area is 188 Å². The summed E-state index contributed by atoms with van der Waals surface area (Å²) in [6.07, 6.45) is 0.846. The molecule has 33 heavy (non-hydrogen) atoms. The molecule has 3 rings (SSSR count). The van der Waals surface area contributed by atoms with Gasteiger partial charge in [-0.15, -0.1) is 0 Å². The van der Waals surface area contributed by atoms with E-state index in [4.69, 9.17) is 4.74 Å². The standard InChI is InChI=1S/C25H24F6O2/c1-2-3-15-4-6-16(7-5-15)24(32)33-18-8-9-19(23(28)14-18)17-12-21(26)20(22(27)13-17)10-11-25(29,30)31/h8-16H,2-7H2,1H3/b11-10+. The summed E-state index contributed by atoms with van der Waals surface area (Å²) in [6, 6.07) is 4.96. The van der Waals surface area contributed by atoms with Crippen molar-refractivity contribution in [2.45, 2.75) is 51.6 Å². The maximum atomic E-state index is 14.6. The fourth-order valence-electron chi connectivity index (χ4n) is 4.16. The van der Waals surface area contributed by atoms with Gasteiger partial charge in [0.15, 0.2) is 0 Å². The number of halogens is 6. The highest BCUT2D eigenvalue weighted by molar-refractivity contribution is 5.76. The van der Waals surface area contributed by atoms with E-state index in [0.717, 1.165) is 56.7 Å². The van der Waals surface area contributed by atoms with Crippen LogP contribution in [0.2, 0.25) is 0 Å². The first-order chi connectivity index (χ1) is 15.6. The molecule has 0 unspecified atom stereocenters. The molecule has 1 saturated carbocycles. The molecule has 0 aliphatic heterocycles. The van der Waals surface area contributed by atoms with E-state index in [-0.39, 0.29) is 34.9 Å². The molecule has 2 nitrogen and oxygen atoms in total. The smallest absolute Gasteiger partial charge is 0.409 e. The highest BCUT2D eigenvalue weighted by atomic mass is 19.4. The van der Waals surface area contributed by atoms with Crippen molar-refractivity contribution in [3.8, 4) is 16.9 Å². The van der Waals surface area contributed by atoms with Crippen molar-refractivity contribution in [1.29, 1.82) is 0 Å². The Morgan fingerprint density at radius 1 is 1.00 bits per heavy atom. The molecule has 0 spiro atoms. The summed E-state index contributed by atoms with van der Waals surface area (Å²) in [5.41, 5.74) is -1.26. The molecule has 2 aromatic carbocycles. The average molecular weight is 470 g/mol. The van der Waals surface area contributed by atoms with Crippen molar-refractivity contribution in [3.63, 3.8) is 0 Å². The quantitative estimate of drug-likeness (QED) is 0.244. The Morgan fingerprint density at radius 3 is 2.18 bits per heavy atom. The zero-order valence-corrected chi connectivity index (χ0v) is 18.0.